The Kier molecular flexibility index (Phi) is 5.53. The third-order valence-corrected chi connectivity index (χ3v) is 1.32. The topological polar surface area (TPSA) is 24.7 Å². The van der Waals surface area contributed by atoms with E-state index < -0.39 is 0 Å². The van der Waals surface area contributed by atoms with Crippen molar-refractivity contribution in [3.05, 3.63) is 35.7 Å². The largest absolute Gasteiger partial charge is 0.263 e. The van der Waals surface area contributed by atoms with Crippen LogP contribution in [0.3, 0.4) is 0 Å². The van der Waals surface area contributed by atoms with Crippen LogP contribution in [0.15, 0.2) is 45.7 Å². The van der Waals surface area contributed by atoms with Crippen molar-refractivity contribution in [1.82, 2.24) is 0 Å². The lowest BCUT2D eigenvalue weighted by atomic mass is 10.3. The van der Waals surface area contributed by atoms with Crippen LogP contribution < -0.4 is 0 Å². The molecule has 0 radical (unpaired) electrons. The van der Waals surface area contributed by atoms with Gasteiger partial charge in [0.15, 0.2) is 0 Å². The average molecular weight is 162 g/mol. The molecule has 0 heterocycles. The van der Waals surface area contributed by atoms with E-state index in [1.807, 2.05) is 38.2 Å². The van der Waals surface area contributed by atoms with Crippen LogP contribution in [0.5, 0.6) is 0 Å². The van der Waals surface area contributed by atoms with Crippen LogP contribution in [-0.4, -0.2) is 13.4 Å². The summed E-state index contributed by atoms with van der Waals surface area (Å²) in [6, 6.07) is 0. The lowest BCUT2D eigenvalue weighted by Gasteiger charge is -1.97. The smallest absolute Gasteiger partial charge is 0.0875 e. The van der Waals surface area contributed by atoms with Crippen molar-refractivity contribution in [1.29, 1.82) is 0 Å². The molecule has 0 amide bonds. The Balaban J connectivity index is 4.76. The Morgan fingerprint density at radius 3 is 2.00 bits per heavy atom. The molecule has 12 heavy (non-hydrogen) atoms. The Morgan fingerprint density at radius 1 is 1.08 bits per heavy atom. The highest BCUT2D eigenvalue weighted by Gasteiger charge is 1.95. The molecule has 0 saturated carbocycles. The van der Waals surface area contributed by atoms with E-state index in [1.54, 1.807) is 0 Å². The van der Waals surface area contributed by atoms with Gasteiger partial charge in [-0.05, 0) is 33.4 Å². The van der Waals surface area contributed by atoms with E-state index >= 15 is 0 Å². The first-order chi connectivity index (χ1) is 5.79. The maximum absolute atomic E-state index is 3.83. The van der Waals surface area contributed by atoms with Gasteiger partial charge in [0.25, 0.3) is 0 Å². The third kappa shape index (κ3) is 3.10. The maximum Gasteiger partial charge on any atom is 0.0875 e. The van der Waals surface area contributed by atoms with Gasteiger partial charge in [0.2, 0.25) is 0 Å². The van der Waals surface area contributed by atoms with Crippen LogP contribution in [0, 0.1) is 0 Å². The summed E-state index contributed by atoms with van der Waals surface area (Å²) >= 11 is 0. The minimum Gasteiger partial charge on any atom is -0.263 e. The number of rotatable bonds is 4. The lowest BCUT2D eigenvalue weighted by Crippen LogP contribution is -1.80. The zero-order valence-corrected chi connectivity index (χ0v) is 7.62. The zero-order valence-electron chi connectivity index (χ0n) is 7.62. The van der Waals surface area contributed by atoms with Gasteiger partial charge >= 0.3 is 0 Å². The van der Waals surface area contributed by atoms with Crippen molar-refractivity contribution < 1.29 is 0 Å². The summed E-state index contributed by atoms with van der Waals surface area (Å²) in [6.07, 6.45) is 7.49. The van der Waals surface area contributed by atoms with Crippen molar-refractivity contribution in [3.63, 3.8) is 0 Å². The van der Waals surface area contributed by atoms with E-state index in [9.17, 15) is 0 Å². The molecule has 0 aliphatic heterocycles. The van der Waals surface area contributed by atoms with Gasteiger partial charge in [-0.25, -0.2) is 0 Å². The van der Waals surface area contributed by atoms with Gasteiger partial charge in [0.1, 0.15) is 0 Å². The number of aliphatic imine (C=N–C) groups is 2. The first-order valence-corrected chi connectivity index (χ1v) is 3.73. The predicted octanol–water partition coefficient (Wildman–Crippen LogP) is 2.75. The molecule has 0 aromatic heterocycles. The molecule has 0 aliphatic rings. The summed E-state index contributed by atoms with van der Waals surface area (Å²) in [5.41, 5.74) is 1.49. The molecule has 0 rings (SSSR count). The lowest BCUT2D eigenvalue weighted by molar-refractivity contribution is 1.25. The van der Waals surface area contributed by atoms with E-state index in [4.69, 9.17) is 0 Å². The van der Waals surface area contributed by atoms with Crippen molar-refractivity contribution >= 4 is 13.4 Å². The third-order valence-electron chi connectivity index (χ3n) is 1.32. The first kappa shape index (κ1) is 10.6. The molecule has 0 N–H and O–H groups in total. The van der Waals surface area contributed by atoms with E-state index in [0.717, 1.165) is 11.4 Å². The van der Waals surface area contributed by atoms with Crippen LogP contribution in [-0.2, 0) is 0 Å². The molecule has 2 heteroatoms. The van der Waals surface area contributed by atoms with Gasteiger partial charge in [-0.3, -0.25) is 9.98 Å². The van der Waals surface area contributed by atoms with E-state index in [0.29, 0.717) is 0 Å². The van der Waals surface area contributed by atoms with E-state index in [-0.39, 0.29) is 0 Å². The Morgan fingerprint density at radius 2 is 1.67 bits per heavy atom. The number of hydrogen-bond acceptors (Lipinski definition) is 2. The van der Waals surface area contributed by atoms with Gasteiger partial charge in [-0.2, -0.15) is 0 Å². The van der Waals surface area contributed by atoms with Crippen molar-refractivity contribution in [3.8, 4) is 0 Å². The highest BCUT2D eigenvalue weighted by molar-refractivity contribution is 5.43. The second-order valence-corrected chi connectivity index (χ2v) is 2.07. The first-order valence-electron chi connectivity index (χ1n) is 3.73. The quantitative estimate of drug-likeness (QED) is 0.448. The van der Waals surface area contributed by atoms with E-state index in [2.05, 4.69) is 23.4 Å². The molecular weight excluding hydrogens is 148 g/mol. The van der Waals surface area contributed by atoms with Crippen molar-refractivity contribution in [2.45, 2.75) is 13.8 Å². The summed E-state index contributed by atoms with van der Waals surface area (Å²) in [5, 5.41) is 0. The standard InChI is InChI=1S/C10H14N2/c1-5-7-8-10(12-4)9(6-2)11-3/h5-8H,3-4H2,1-2H3/b7-5-,9-6+,10-8+. The summed E-state index contributed by atoms with van der Waals surface area (Å²) in [4.78, 5) is 7.63. The summed E-state index contributed by atoms with van der Waals surface area (Å²) in [7, 11) is 0. The molecule has 0 fully saturated rings. The molecule has 64 valence electrons. The normalized spacial score (nSPS) is 13.5. The number of allylic oxidation sites excluding steroid dienone is 4. The molecule has 0 aromatic rings. The van der Waals surface area contributed by atoms with Gasteiger partial charge in [-0.15, -0.1) is 0 Å². The summed E-state index contributed by atoms with van der Waals surface area (Å²) < 4.78 is 0. The van der Waals surface area contributed by atoms with Crippen LogP contribution in [0.25, 0.3) is 0 Å². The second-order valence-electron chi connectivity index (χ2n) is 2.07. The summed E-state index contributed by atoms with van der Waals surface area (Å²) in [6.45, 7) is 10.7. The van der Waals surface area contributed by atoms with Crippen molar-refractivity contribution in [2.24, 2.45) is 9.98 Å². The molecule has 0 aliphatic carbocycles. The molecule has 0 unspecified atom stereocenters. The SMILES string of the molecule is C=NC(=C/C)/C(=C\C=C/C)N=C. The molecule has 2 nitrogen and oxygen atoms in total. The fourth-order valence-electron chi connectivity index (χ4n) is 0.727. The highest BCUT2D eigenvalue weighted by Crippen LogP contribution is 2.11. The number of nitrogens with zero attached hydrogens (tertiary/aromatic N) is 2. The van der Waals surface area contributed by atoms with Gasteiger partial charge in [0.05, 0.1) is 11.4 Å². The fraction of sp³-hybridized carbons (Fsp3) is 0.200. The fourth-order valence-corrected chi connectivity index (χ4v) is 0.727. The molecular formula is C10H14N2. The van der Waals surface area contributed by atoms with E-state index in [1.165, 1.54) is 0 Å². The van der Waals surface area contributed by atoms with Gasteiger partial charge < -0.3 is 0 Å². The molecule has 0 spiro atoms. The van der Waals surface area contributed by atoms with Crippen LogP contribution >= 0.6 is 0 Å². The van der Waals surface area contributed by atoms with Crippen molar-refractivity contribution in [2.75, 3.05) is 0 Å². The Bertz CT molecular complexity index is 245. The van der Waals surface area contributed by atoms with Gasteiger partial charge in [0, 0.05) is 0 Å². The molecule has 0 bridgehead atoms. The predicted molar refractivity (Wildman–Crippen MR) is 55.8 cm³/mol. The van der Waals surface area contributed by atoms with Crippen LogP contribution in [0.1, 0.15) is 13.8 Å². The van der Waals surface area contributed by atoms with Gasteiger partial charge in [-0.1, -0.05) is 18.2 Å². The Hall–Kier alpha value is -1.44. The molecule has 0 aromatic carbocycles. The highest BCUT2D eigenvalue weighted by atomic mass is 14.8. The summed E-state index contributed by atoms with van der Waals surface area (Å²) in [5.74, 6) is 0. The van der Waals surface area contributed by atoms with Crippen LogP contribution in [0.2, 0.25) is 0 Å². The molecule has 0 atom stereocenters. The Labute approximate surface area is 73.7 Å². The minimum absolute atomic E-state index is 0.741. The number of hydrogen-bond donors (Lipinski definition) is 0. The monoisotopic (exact) mass is 162 g/mol. The second kappa shape index (κ2) is 6.28. The minimum atomic E-state index is 0.741. The maximum atomic E-state index is 3.83. The van der Waals surface area contributed by atoms with Crippen LogP contribution in [0.4, 0.5) is 0 Å². The zero-order chi connectivity index (χ0) is 9.40. The average Bonchev–Trinajstić information content (AvgIpc) is 2.12. The molecule has 0 saturated heterocycles.